The van der Waals surface area contributed by atoms with E-state index in [1.165, 1.54) is 12.5 Å². The van der Waals surface area contributed by atoms with Crippen LogP contribution in [0, 0.1) is 0 Å². The van der Waals surface area contributed by atoms with E-state index in [0.717, 1.165) is 0 Å². The fourth-order valence-electron chi connectivity index (χ4n) is 4.22. The molecule has 0 fully saturated rings. The zero-order chi connectivity index (χ0) is 36.5. The van der Waals surface area contributed by atoms with Crippen molar-refractivity contribution in [1.82, 2.24) is 36.6 Å². The molecule has 5 atom stereocenters. The van der Waals surface area contributed by atoms with Crippen molar-refractivity contribution in [3.63, 3.8) is 0 Å². The van der Waals surface area contributed by atoms with E-state index in [9.17, 15) is 53.7 Å². The van der Waals surface area contributed by atoms with Gasteiger partial charge in [0.15, 0.2) is 0 Å². The third-order valence-corrected chi connectivity index (χ3v) is 6.78. The lowest BCUT2D eigenvalue weighted by molar-refractivity contribution is -0.143. The molecule has 0 aliphatic heterocycles. The van der Waals surface area contributed by atoms with Crippen molar-refractivity contribution in [2.75, 3.05) is 13.2 Å². The van der Waals surface area contributed by atoms with Gasteiger partial charge in [-0.25, -0.2) is 9.78 Å². The first-order valence-corrected chi connectivity index (χ1v) is 14.7. The van der Waals surface area contributed by atoms with Crippen molar-refractivity contribution in [2.24, 2.45) is 5.73 Å². The number of carbonyl (C=O) groups excluding carboxylic acids is 5. The molecule has 0 radical (unpaired) electrons. The summed E-state index contributed by atoms with van der Waals surface area (Å²) in [4.78, 5) is 104. The van der Waals surface area contributed by atoms with Crippen LogP contribution in [0.5, 0.6) is 0 Å². The Kier molecular flexibility index (Phi) is 15.8. The average molecular weight is 691 g/mol. The Balaban J connectivity index is 2.04. The Hall–Kier alpha value is -5.89. The summed E-state index contributed by atoms with van der Waals surface area (Å²) in [5, 5.41) is 48.4. The molecule has 0 spiro atoms. The van der Waals surface area contributed by atoms with Crippen molar-refractivity contribution in [3.05, 3.63) is 54.1 Å². The quantitative estimate of drug-likeness (QED) is 0.0595. The van der Waals surface area contributed by atoms with Gasteiger partial charge in [0, 0.05) is 31.2 Å². The number of aliphatic carboxylic acids is 3. The van der Waals surface area contributed by atoms with Gasteiger partial charge in [0.1, 0.15) is 24.2 Å². The number of amides is 5. The number of rotatable bonds is 21. The van der Waals surface area contributed by atoms with Crippen molar-refractivity contribution in [2.45, 2.75) is 62.3 Å². The predicted octanol–water partition coefficient (Wildman–Crippen LogP) is -4.01. The van der Waals surface area contributed by atoms with Crippen LogP contribution >= 0.6 is 0 Å². The molecule has 1 heterocycles. The van der Waals surface area contributed by atoms with Crippen molar-refractivity contribution < 1.29 is 58.8 Å². The Labute approximate surface area is 278 Å². The molecule has 1 aromatic carbocycles. The van der Waals surface area contributed by atoms with Crippen LogP contribution in [0.25, 0.3) is 0 Å². The highest BCUT2D eigenvalue weighted by atomic mass is 16.4. The lowest BCUT2D eigenvalue weighted by atomic mass is 10.0. The first-order chi connectivity index (χ1) is 23.2. The van der Waals surface area contributed by atoms with Gasteiger partial charge in [-0.1, -0.05) is 30.3 Å². The molecule has 0 aliphatic rings. The van der Waals surface area contributed by atoms with Gasteiger partial charge in [-0.2, -0.15) is 0 Å². The van der Waals surface area contributed by atoms with Crippen LogP contribution in [-0.4, -0.2) is 121 Å². The lowest BCUT2D eigenvalue weighted by Gasteiger charge is -2.23. The van der Waals surface area contributed by atoms with Crippen LogP contribution in [-0.2, 0) is 51.2 Å². The summed E-state index contributed by atoms with van der Waals surface area (Å²) in [6.45, 7) is -1.81. The number of aromatic nitrogens is 2. The van der Waals surface area contributed by atoms with Crippen LogP contribution in [0.15, 0.2) is 42.9 Å². The second-order valence-electron chi connectivity index (χ2n) is 10.6. The minimum atomic E-state index is -1.75. The molecule has 2 aromatic rings. The zero-order valence-corrected chi connectivity index (χ0v) is 26.0. The Morgan fingerprint density at radius 3 is 1.96 bits per heavy atom. The first-order valence-electron chi connectivity index (χ1n) is 14.7. The van der Waals surface area contributed by atoms with Crippen LogP contribution in [0.3, 0.4) is 0 Å². The number of nitrogens with two attached hydrogens (primary N) is 1. The number of H-pyrrole nitrogens is 1. The van der Waals surface area contributed by atoms with Crippen molar-refractivity contribution >= 4 is 47.4 Å². The van der Waals surface area contributed by atoms with Crippen molar-refractivity contribution in [1.29, 1.82) is 0 Å². The summed E-state index contributed by atoms with van der Waals surface area (Å²) in [6, 6.07) is 0.890. The summed E-state index contributed by atoms with van der Waals surface area (Å²) in [5.41, 5.74) is 6.71. The minimum Gasteiger partial charge on any atom is -0.481 e. The van der Waals surface area contributed by atoms with E-state index in [4.69, 9.17) is 10.8 Å². The van der Waals surface area contributed by atoms with E-state index in [2.05, 4.69) is 36.6 Å². The molecule has 1 aromatic heterocycles. The van der Waals surface area contributed by atoms with E-state index in [-0.39, 0.29) is 19.3 Å². The molecular weight excluding hydrogens is 652 g/mol. The average Bonchev–Trinajstić information content (AvgIpc) is 3.57. The number of aliphatic hydroxyl groups is 1. The smallest absolute Gasteiger partial charge is 0.326 e. The fraction of sp³-hybridized carbons (Fsp3) is 0.414. The monoisotopic (exact) mass is 690 g/mol. The van der Waals surface area contributed by atoms with Crippen LogP contribution in [0.2, 0.25) is 0 Å². The van der Waals surface area contributed by atoms with Crippen LogP contribution in [0.1, 0.15) is 30.5 Å². The highest BCUT2D eigenvalue weighted by Gasteiger charge is 2.31. The fourth-order valence-corrected chi connectivity index (χ4v) is 4.22. The number of hydrogen-bond acceptors (Lipinski definition) is 11. The number of aromatic amines is 1. The van der Waals surface area contributed by atoms with E-state index in [1.54, 1.807) is 30.3 Å². The number of imidazole rings is 1. The van der Waals surface area contributed by atoms with E-state index < -0.39 is 104 Å². The topological polar surface area (TPSA) is 332 Å². The maximum Gasteiger partial charge on any atom is 0.326 e. The van der Waals surface area contributed by atoms with Gasteiger partial charge in [-0.3, -0.25) is 33.6 Å². The second kappa shape index (κ2) is 19.7. The zero-order valence-electron chi connectivity index (χ0n) is 26.0. The number of benzene rings is 1. The molecule has 0 aliphatic carbocycles. The van der Waals surface area contributed by atoms with Crippen LogP contribution in [0.4, 0.5) is 0 Å². The highest BCUT2D eigenvalue weighted by molar-refractivity contribution is 5.96. The Bertz CT molecular complexity index is 1470. The predicted molar refractivity (Wildman–Crippen MR) is 165 cm³/mol. The van der Waals surface area contributed by atoms with Gasteiger partial charge < -0.3 is 57.7 Å². The first kappa shape index (κ1) is 39.3. The van der Waals surface area contributed by atoms with Crippen molar-refractivity contribution in [3.8, 4) is 0 Å². The number of carbonyl (C=O) groups is 8. The maximum absolute atomic E-state index is 13.2. The van der Waals surface area contributed by atoms with Gasteiger partial charge in [0.05, 0.1) is 31.9 Å². The van der Waals surface area contributed by atoms with E-state index in [1.807, 2.05) is 0 Å². The molecule has 0 unspecified atom stereocenters. The largest absolute Gasteiger partial charge is 0.481 e. The molecule has 0 saturated carbocycles. The number of carboxylic acids is 3. The van der Waals surface area contributed by atoms with Crippen LogP contribution < -0.4 is 32.3 Å². The number of aliphatic hydroxyl groups excluding tert-OH is 1. The number of hydrogen-bond donors (Lipinski definition) is 11. The van der Waals surface area contributed by atoms with Gasteiger partial charge >= 0.3 is 17.9 Å². The molecule has 266 valence electrons. The van der Waals surface area contributed by atoms with Gasteiger partial charge in [0.2, 0.25) is 29.5 Å². The molecule has 49 heavy (non-hydrogen) atoms. The molecule has 20 nitrogen and oxygen atoms in total. The van der Waals surface area contributed by atoms with Gasteiger partial charge in [-0.05, 0) is 12.0 Å². The summed E-state index contributed by atoms with van der Waals surface area (Å²) < 4.78 is 0. The number of carboxylic acid groups (broad SMARTS) is 3. The van der Waals surface area contributed by atoms with Gasteiger partial charge in [0.25, 0.3) is 0 Å². The summed E-state index contributed by atoms with van der Waals surface area (Å²) in [6.07, 6.45) is 0.742. The molecule has 0 bridgehead atoms. The minimum absolute atomic E-state index is 0.0795. The number of nitrogens with zero attached hydrogens (tertiary/aromatic N) is 1. The molecule has 0 saturated heterocycles. The summed E-state index contributed by atoms with van der Waals surface area (Å²) >= 11 is 0. The standard InChI is InChI=1S/C29H38N8O12/c30-17(6-7-23(40)41)25(44)35-18(8-15-4-2-1-3-5-15)27(46)37-21(13-38)26(45)32-12-22(39)34-19(10-24(42)43)28(47)36-20(29(48)49)9-16-11-31-14-33-16/h1-5,11,14,17-21,38H,6-10,12-13,30H2,(H,31,33)(H,32,45)(H,34,39)(H,35,44)(H,36,47)(H,37,46)(H,40,41)(H,42,43)(H,48,49)/t17-,18-,19-,20-,21-/m0/s1. The van der Waals surface area contributed by atoms with E-state index in [0.29, 0.717) is 11.3 Å². The normalized spacial score (nSPS) is 13.8. The SMILES string of the molecule is N[C@@H](CCC(=O)O)C(=O)N[C@@H](Cc1ccccc1)C(=O)N[C@@H](CO)C(=O)NCC(=O)N[C@@H](CC(=O)O)C(=O)N[C@@H](Cc1cnc[nH]1)C(=O)O. The molecule has 20 heteroatoms. The third kappa shape index (κ3) is 14.2. The molecule has 5 amide bonds. The van der Waals surface area contributed by atoms with Gasteiger partial charge in [-0.15, -0.1) is 0 Å². The highest BCUT2D eigenvalue weighted by Crippen LogP contribution is 2.06. The maximum atomic E-state index is 13.2. The number of nitrogens with one attached hydrogen (secondary N) is 6. The third-order valence-electron chi connectivity index (χ3n) is 6.78. The molecule has 12 N–H and O–H groups in total. The Morgan fingerprint density at radius 1 is 0.755 bits per heavy atom. The lowest BCUT2D eigenvalue weighted by Crippen LogP contribution is -2.58. The summed E-state index contributed by atoms with van der Waals surface area (Å²) in [7, 11) is 0. The molecule has 2 rings (SSSR count). The Morgan fingerprint density at radius 2 is 1.39 bits per heavy atom. The molecular formula is C29H38N8O12. The second-order valence-corrected chi connectivity index (χ2v) is 10.6. The summed E-state index contributed by atoms with van der Waals surface area (Å²) in [5.74, 6) is -9.17. The van der Waals surface area contributed by atoms with E-state index >= 15 is 0 Å².